The van der Waals surface area contributed by atoms with Gasteiger partial charge in [-0.05, 0) is 51.9 Å². The van der Waals surface area contributed by atoms with Crippen LogP contribution in [0.1, 0.15) is 0 Å². The zero-order chi connectivity index (χ0) is 32.5. The predicted molar refractivity (Wildman–Crippen MR) is 204 cm³/mol. The van der Waals surface area contributed by atoms with Crippen LogP contribution in [0.15, 0.2) is 158 Å². The van der Waals surface area contributed by atoms with E-state index in [9.17, 15) is 0 Å². The summed E-state index contributed by atoms with van der Waals surface area (Å²) in [7, 11) is -6.30. The van der Waals surface area contributed by atoms with Gasteiger partial charge < -0.3 is 9.13 Å². The van der Waals surface area contributed by atoms with E-state index in [4.69, 9.17) is 4.98 Å². The van der Waals surface area contributed by atoms with Crippen LogP contribution in [0.4, 0.5) is 0 Å². The highest BCUT2D eigenvalue weighted by atomic mass is 31.2. The molecule has 9 aromatic rings. The quantitative estimate of drug-likeness (QED) is 0.139. The van der Waals surface area contributed by atoms with Gasteiger partial charge in [-0.1, -0.05) is 133 Å². The number of nitrogens with zero attached hydrogens (tertiary/aromatic N) is 2. The second kappa shape index (κ2) is 9.55. The van der Waals surface area contributed by atoms with E-state index in [-0.39, 0.29) is 0 Å². The Hall–Kier alpha value is -5.53. The number of hydrogen-bond acceptors (Lipinski definition) is 3. The van der Waals surface area contributed by atoms with Crippen LogP contribution in [0.3, 0.4) is 0 Å². The van der Waals surface area contributed by atoms with Crippen LogP contribution >= 0.6 is 14.3 Å². The lowest BCUT2D eigenvalue weighted by Gasteiger charge is -2.19. The van der Waals surface area contributed by atoms with Crippen molar-refractivity contribution in [1.82, 2.24) is 9.38 Å². The number of benzene rings is 7. The largest absolute Gasteiger partial charge is 0.309 e. The van der Waals surface area contributed by atoms with Crippen molar-refractivity contribution in [3.63, 3.8) is 0 Å². The molecule has 0 spiro atoms. The highest BCUT2D eigenvalue weighted by Crippen LogP contribution is 2.54. The fraction of sp³-hybridized carbons (Fsp3) is 0. The molecule has 11 rings (SSSR count). The van der Waals surface area contributed by atoms with E-state index in [2.05, 4.69) is 59.0 Å². The van der Waals surface area contributed by atoms with Gasteiger partial charge in [0.1, 0.15) is 5.65 Å². The smallest absolute Gasteiger partial charge is 0.172 e. The van der Waals surface area contributed by atoms with Gasteiger partial charge in [0.05, 0.1) is 16.6 Å². The van der Waals surface area contributed by atoms with E-state index in [0.717, 1.165) is 92.4 Å². The van der Waals surface area contributed by atoms with Gasteiger partial charge in [-0.15, -0.1) is 0 Å². The van der Waals surface area contributed by atoms with Crippen LogP contribution in [0.5, 0.6) is 0 Å². The predicted octanol–water partition coefficient (Wildman–Crippen LogP) is 8.03. The Morgan fingerprint density at radius 3 is 1.41 bits per heavy atom. The van der Waals surface area contributed by atoms with Gasteiger partial charge in [-0.3, -0.25) is 4.40 Å². The van der Waals surface area contributed by atoms with E-state index in [1.807, 2.05) is 103 Å². The third-order valence-electron chi connectivity index (χ3n) is 10.6. The van der Waals surface area contributed by atoms with Gasteiger partial charge in [0.25, 0.3) is 0 Å². The molecule has 230 valence electrons. The molecule has 4 nitrogen and oxygen atoms in total. The molecule has 2 aliphatic heterocycles. The maximum Gasteiger partial charge on any atom is 0.172 e. The lowest BCUT2D eigenvalue weighted by molar-refractivity contribution is 0.592. The summed E-state index contributed by atoms with van der Waals surface area (Å²) < 4.78 is 33.1. The molecule has 0 bridgehead atoms. The van der Waals surface area contributed by atoms with Crippen molar-refractivity contribution in [3.05, 3.63) is 158 Å². The molecule has 7 aromatic carbocycles. The zero-order valence-electron chi connectivity index (χ0n) is 26.1. The van der Waals surface area contributed by atoms with Gasteiger partial charge >= 0.3 is 0 Å². The van der Waals surface area contributed by atoms with E-state index < -0.39 is 14.3 Å². The first-order valence-electron chi connectivity index (χ1n) is 16.4. The number of aromatic nitrogens is 2. The molecule has 6 heteroatoms. The van der Waals surface area contributed by atoms with Gasteiger partial charge in [0.2, 0.25) is 0 Å². The summed E-state index contributed by atoms with van der Waals surface area (Å²) in [6.45, 7) is 0. The minimum absolute atomic E-state index is 0.792. The summed E-state index contributed by atoms with van der Waals surface area (Å²) in [6, 6.07) is 53.1. The lowest BCUT2D eigenvalue weighted by atomic mass is 10.1. The van der Waals surface area contributed by atoms with Crippen LogP contribution in [-0.2, 0) is 9.13 Å². The summed E-state index contributed by atoms with van der Waals surface area (Å²) in [4.78, 5) is 5.19. The average Bonchev–Trinajstić information content (AvgIpc) is 3.78. The number of pyridine rings is 1. The Morgan fingerprint density at radius 2 is 0.857 bits per heavy atom. The molecule has 0 amide bonds. The van der Waals surface area contributed by atoms with E-state index in [0.29, 0.717) is 0 Å². The van der Waals surface area contributed by atoms with Crippen LogP contribution in [0.2, 0.25) is 0 Å². The average molecular weight is 665 g/mol. The first-order chi connectivity index (χ1) is 24.1. The van der Waals surface area contributed by atoms with Crippen LogP contribution in [0.25, 0.3) is 60.6 Å². The van der Waals surface area contributed by atoms with Gasteiger partial charge in [0.15, 0.2) is 14.3 Å². The highest BCUT2D eigenvalue weighted by molar-refractivity contribution is 7.87. The van der Waals surface area contributed by atoms with Crippen molar-refractivity contribution in [2.75, 3.05) is 0 Å². The molecule has 2 aromatic heterocycles. The van der Waals surface area contributed by atoms with Gasteiger partial charge in [-0.2, -0.15) is 0 Å². The third kappa shape index (κ3) is 3.38. The van der Waals surface area contributed by atoms with Crippen molar-refractivity contribution < 1.29 is 9.13 Å². The molecule has 0 radical (unpaired) electrons. The van der Waals surface area contributed by atoms with Crippen LogP contribution in [0, 0.1) is 0 Å². The summed E-state index contributed by atoms with van der Waals surface area (Å²) in [6.07, 6.45) is 0. The van der Waals surface area contributed by atoms with Crippen molar-refractivity contribution in [1.29, 1.82) is 0 Å². The second-order valence-electron chi connectivity index (χ2n) is 13.0. The Balaban J connectivity index is 1.23. The number of hydrogen-bond donors (Lipinski definition) is 0. The zero-order valence-corrected chi connectivity index (χ0v) is 27.9. The molecule has 0 fully saturated rings. The molecule has 0 atom stereocenters. The first-order valence-corrected chi connectivity index (χ1v) is 19.9. The molecular weight excluding hydrogens is 638 g/mol. The summed E-state index contributed by atoms with van der Waals surface area (Å²) >= 11 is 0. The van der Waals surface area contributed by atoms with Crippen molar-refractivity contribution in [2.24, 2.45) is 0 Å². The van der Waals surface area contributed by atoms with Gasteiger partial charge in [-0.25, -0.2) is 4.98 Å². The van der Waals surface area contributed by atoms with Crippen LogP contribution < -0.4 is 31.8 Å². The molecule has 0 unspecified atom stereocenters. The molecule has 0 N–H and O–H groups in total. The van der Waals surface area contributed by atoms with E-state index in [1.54, 1.807) is 0 Å². The summed E-state index contributed by atoms with van der Waals surface area (Å²) in [5, 5.41) is 8.12. The minimum Gasteiger partial charge on any atom is -0.309 e. The standard InChI is InChI=1S/C43H26N2O2P2/c46-48(39-17-7-1-11-31(39)32-12-2-8-18-40(32)48)27-21-23-29-30-24-22-28(49(47)41-19-9-3-13-33(41)34-14-4-10-20-42(34)49)26-38(30)45-37-16-6-5-15-36(37)44-43(45)35(29)25-27/h1-26H. The monoisotopic (exact) mass is 664 g/mol. The van der Waals surface area contributed by atoms with Crippen molar-refractivity contribution in [3.8, 4) is 22.3 Å². The molecular formula is C43H26N2O2P2. The molecule has 49 heavy (non-hydrogen) atoms. The maximum absolute atomic E-state index is 15.5. The minimum atomic E-state index is -3.15. The normalized spacial score (nSPS) is 15.0. The van der Waals surface area contributed by atoms with Gasteiger partial charge in [0, 0.05) is 42.6 Å². The maximum atomic E-state index is 15.5. The van der Waals surface area contributed by atoms with Crippen molar-refractivity contribution >= 4 is 84.5 Å². The number of fused-ring (bicyclic) bond motifs is 14. The Labute approximate surface area is 282 Å². The van der Waals surface area contributed by atoms with Crippen molar-refractivity contribution in [2.45, 2.75) is 0 Å². The molecule has 0 saturated heterocycles. The summed E-state index contributed by atoms with van der Waals surface area (Å²) in [5.41, 5.74) is 7.73. The number of imidazole rings is 1. The first kappa shape index (κ1) is 27.4. The molecule has 4 heterocycles. The van der Waals surface area contributed by atoms with E-state index in [1.165, 1.54) is 0 Å². The Bertz CT molecular complexity index is 2930. The lowest BCUT2D eigenvalue weighted by Crippen LogP contribution is -2.21. The second-order valence-corrected chi connectivity index (χ2v) is 18.4. The van der Waals surface area contributed by atoms with Crippen LogP contribution in [-0.4, -0.2) is 9.38 Å². The third-order valence-corrected chi connectivity index (χ3v) is 16.9. The summed E-state index contributed by atoms with van der Waals surface area (Å²) in [5.74, 6) is 0. The molecule has 0 aliphatic carbocycles. The number of para-hydroxylation sites is 2. The molecule has 0 saturated carbocycles. The number of rotatable bonds is 2. The fourth-order valence-corrected chi connectivity index (χ4v) is 14.6. The Morgan fingerprint density at radius 1 is 0.408 bits per heavy atom. The van der Waals surface area contributed by atoms with E-state index >= 15 is 9.13 Å². The fourth-order valence-electron chi connectivity index (χ4n) is 8.45. The SMILES string of the molecule is O=P1(c2ccc3c4ccc(P5(=O)c6ccccc6-c6ccccc65)cc4n4c5ccccc5nc4c3c2)c2ccccc2-c2ccccc21. The molecule has 2 aliphatic rings. The Kier molecular flexibility index (Phi) is 5.34. The highest BCUT2D eigenvalue weighted by Gasteiger charge is 2.41. The topological polar surface area (TPSA) is 51.4 Å².